The summed E-state index contributed by atoms with van der Waals surface area (Å²) in [5.41, 5.74) is 1.86. The van der Waals surface area contributed by atoms with Gasteiger partial charge in [0.15, 0.2) is 5.60 Å². The van der Waals surface area contributed by atoms with Crippen LogP contribution < -0.4 is 9.47 Å². The van der Waals surface area contributed by atoms with Gasteiger partial charge in [0, 0.05) is 16.0 Å². The van der Waals surface area contributed by atoms with E-state index in [4.69, 9.17) is 32.7 Å². The van der Waals surface area contributed by atoms with Crippen molar-refractivity contribution in [1.29, 1.82) is 0 Å². The minimum Gasteiger partial charge on any atom is -0.486 e. The molecule has 0 radical (unpaired) electrons. The minimum atomic E-state index is -1.32. The molecule has 1 aromatic heterocycles. The molecule has 0 unspecified atom stereocenters. The average molecular weight is 466 g/mol. The van der Waals surface area contributed by atoms with Crippen LogP contribution in [0.15, 0.2) is 35.7 Å². The van der Waals surface area contributed by atoms with E-state index >= 15 is 0 Å². The van der Waals surface area contributed by atoms with Crippen molar-refractivity contribution in [2.24, 2.45) is 0 Å². The molecule has 3 aromatic rings. The third-order valence-corrected chi connectivity index (χ3v) is 5.80. The van der Waals surface area contributed by atoms with Crippen molar-refractivity contribution in [3.8, 4) is 22.8 Å². The van der Waals surface area contributed by atoms with Crippen LogP contribution in [0.1, 0.15) is 30.0 Å². The van der Waals surface area contributed by atoms with Gasteiger partial charge in [0.1, 0.15) is 23.1 Å². The van der Waals surface area contributed by atoms with E-state index in [2.05, 4.69) is 4.98 Å². The van der Waals surface area contributed by atoms with Gasteiger partial charge in [-0.1, -0.05) is 23.2 Å². The fraction of sp³-hybridized carbons (Fsp3) is 0.273. The Labute approximate surface area is 189 Å². The number of aliphatic carboxylic acids is 1. The van der Waals surface area contributed by atoms with E-state index in [9.17, 15) is 9.90 Å². The molecule has 30 heavy (non-hydrogen) atoms. The lowest BCUT2D eigenvalue weighted by Crippen LogP contribution is -2.38. The molecule has 0 aliphatic rings. The summed E-state index contributed by atoms with van der Waals surface area (Å²) in [5.74, 6) is 0.178. The van der Waals surface area contributed by atoms with E-state index in [1.165, 1.54) is 25.2 Å². The molecule has 8 heteroatoms. The lowest BCUT2D eigenvalue weighted by atomic mass is 10.1. The first-order valence-corrected chi connectivity index (χ1v) is 10.8. The number of nitrogens with zero attached hydrogens (tertiary/aromatic N) is 1. The summed E-state index contributed by atoms with van der Waals surface area (Å²) in [6.45, 7) is 7.06. The van der Waals surface area contributed by atoms with Crippen LogP contribution in [0.25, 0.3) is 11.3 Å². The molecule has 158 valence electrons. The Kier molecular flexibility index (Phi) is 6.60. The molecule has 0 atom stereocenters. The predicted octanol–water partition coefficient (Wildman–Crippen LogP) is 6.55. The molecule has 3 rings (SSSR count). The van der Waals surface area contributed by atoms with Gasteiger partial charge in [0.25, 0.3) is 0 Å². The van der Waals surface area contributed by atoms with Gasteiger partial charge in [-0.05, 0) is 69.2 Å². The summed E-state index contributed by atoms with van der Waals surface area (Å²) < 4.78 is 11.6. The van der Waals surface area contributed by atoms with Gasteiger partial charge >= 0.3 is 5.97 Å². The normalized spacial score (nSPS) is 11.4. The maximum Gasteiger partial charge on any atom is 0.347 e. The maximum atomic E-state index is 11.3. The van der Waals surface area contributed by atoms with E-state index in [1.807, 2.05) is 37.4 Å². The van der Waals surface area contributed by atoms with Gasteiger partial charge in [-0.2, -0.15) is 0 Å². The minimum absolute atomic E-state index is 0.301. The number of benzene rings is 2. The molecule has 0 aliphatic carbocycles. The molecule has 1 heterocycles. The van der Waals surface area contributed by atoms with Crippen LogP contribution in [-0.2, 0) is 11.4 Å². The lowest BCUT2D eigenvalue weighted by molar-refractivity contribution is -0.152. The van der Waals surface area contributed by atoms with E-state index < -0.39 is 11.6 Å². The van der Waals surface area contributed by atoms with Gasteiger partial charge < -0.3 is 14.6 Å². The van der Waals surface area contributed by atoms with Gasteiger partial charge in [-0.25, -0.2) is 9.78 Å². The highest BCUT2D eigenvalue weighted by atomic mass is 35.5. The molecule has 5 nitrogen and oxygen atoms in total. The molecule has 0 spiro atoms. The molecule has 2 aromatic carbocycles. The fourth-order valence-corrected chi connectivity index (χ4v) is 4.01. The summed E-state index contributed by atoms with van der Waals surface area (Å²) in [6.07, 6.45) is 0. The molecular formula is C22H21Cl2NO4S. The quantitative estimate of drug-likeness (QED) is 0.427. The summed E-state index contributed by atoms with van der Waals surface area (Å²) >= 11 is 13.7. The second-order valence-electron chi connectivity index (χ2n) is 7.34. The maximum absolute atomic E-state index is 11.3. The number of ether oxygens (including phenoxy) is 2. The van der Waals surface area contributed by atoms with Crippen molar-refractivity contribution in [2.45, 2.75) is 39.9 Å². The molecule has 0 fully saturated rings. The van der Waals surface area contributed by atoms with Crippen molar-refractivity contribution in [2.75, 3.05) is 0 Å². The van der Waals surface area contributed by atoms with Crippen molar-refractivity contribution < 1.29 is 19.4 Å². The molecule has 1 N–H and O–H groups in total. The average Bonchev–Trinajstić information content (AvgIpc) is 3.11. The van der Waals surface area contributed by atoms with Crippen LogP contribution in [0.2, 0.25) is 10.0 Å². The number of thiazole rings is 1. The Bertz CT molecular complexity index is 1070. The number of hydrogen-bond acceptors (Lipinski definition) is 5. The van der Waals surface area contributed by atoms with Crippen molar-refractivity contribution >= 4 is 40.5 Å². The lowest BCUT2D eigenvalue weighted by Gasteiger charge is -2.24. The Balaban J connectivity index is 1.72. The first kappa shape index (κ1) is 22.4. The van der Waals surface area contributed by atoms with Gasteiger partial charge in [0.05, 0.1) is 10.7 Å². The van der Waals surface area contributed by atoms with Crippen LogP contribution in [0, 0.1) is 13.8 Å². The number of carboxylic acid groups (broad SMARTS) is 1. The summed E-state index contributed by atoms with van der Waals surface area (Å²) in [4.78, 5) is 15.9. The molecule has 0 aliphatic heterocycles. The number of carbonyl (C=O) groups is 1. The van der Waals surface area contributed by atoms with E-state index in [0.717, 1.165) is 27.4 Å². The number of hydrogen-bond donors (Lipinski definition) is 1. The molecule has 0 amide bonds. The Morgan fingerprint density at radius 3 is 2.43 bits per heavy atom. The number of rotatable bonds is 7. The highest BCUT2D eigenvalue weighted by Crippen LogP contribution is 2.33. The molecule has 0 saturated heterocycles. The third kappa shape index (κ3) is 5.06. The Morgan fingerprint density at radius 2 is 1.83 bits per heavy atom. The number of carboxylic acids is 1. The number of aromatic nitrogens is 1. The Morgan fingerprint density at radius 1 is 1.17 bits per heavy atom. The van der Waals surface area contributed by atoms with Gasteiger partial charge in [0.2, 0.25) is 0 Å². The van der Waals surface area contributed by atoms with E-state index in [1.54, 1.807) is 12.1 Å². The fourth-order valence-electron chi connectivity index (χ4n) is 2.80. The number of aryl methyl sites for hydroxylation is 2. The summed E-state index contributed by atoms with van der Waals surface area (Å²) in [5, 5.41) is 13.1. The first-order valence-electron chi connectivity index (χ1n) is 9.13. The zero-order valence-corrected chi connectivity index (χ0v) is 19.3. The standard InChI is InChI=1S/C22H21Cl2NO4S/c1-12-7-15(8-13(2)20(12)29-22(3,4)21(26)27)28-10-19-25-18(11-30-19)16-6-5-14(23)9-17(16)24/h5-9,11H,10H2,1-4H3,(H,26,27). The van der Waals surface area contributed by atoms with Gasteiger partial charge in [-0.3, -0.25) is 0 Å². The highest BCUT2D eigenvalue weighted by molar-refractivity contribution is 7.09. The molecule has 0 saturated carbocycles. The van der Waals surface area contributed by atoms with E-state index in [-0.39, 0.29) is 0 Å². The predicted molar refractivity (Wildman–Crippen MR) is 120 cm³/mol. The topological polar surface area (TPSA) is 68.7 Å². The largest absolute Gasteiger partial charge is 0.486 e. The molecular weight excluding hydrogens is 445 g/mol. The van der Waals surface area contributed by atoms with Crippen LogP contribution in [0.3, 0.4) is 0 Å². The summed E-state index contributed by atoms with van der Waals surface area (Å²) in [7, 11) is 0. The van der Waals surface area contributed by atoms with Crippen LogP contribution in [0.4, 0.5) is 0 Å². The SMILES string of the molecule is Cc1cc(OCc2nc(-c3ccc(Cl)cc3Cl)cs2)cc(C)c1OC(C)(C)C(=O)O. The van der Waals surface area contributed by atoms with Crippen LogP contribution >= 0.6 is 34.5 Å². The van der Waals surface area contributed by atoms with Crippen molar-refractivity contribution in [3.05, 3.63) is 61.9 Å². The van der Waals surface area contributed by atoms with Crippen molar-refractivity contribution in [1.82, 2.24) is 4.98 Å². The first-order chi connectivity index (χ1) is 14.1. The van der Waals surface area contributed by atoms with Crippen LogP contribution in [-0.4, -0.2) is 21.7 Å². The smallest absolute Gasteiger partial charge is 0.347 e. The second kappa shape index (κ2) is 8.84. The monoisotopic (exact) mass is 465 g/mol. The Hall–Kier alpha value is -2.28. The zero-order valence-electron chi connectivity index (χ0n) is 17.0. The van der Waals surface area contributed by atoms with Crippen LogP contribution in [0.5, 0.6) is 11.5 Å². The van der Waals surface area contributed by atoms with E-state index in [0.29, 0.717) is 28.2 Å². The second-order valence-corrected chi connectivity index (χ2v) is 9.13. The van der Waals surface area contributed by atoms with Gasteiger partial charge in [-0.15, -0.1) is 11.3 Å². The third-order valence-electron chi connectivity index (χ3n) is 4.43. The van der Waals surface area contributed by atoms with Crippen molar-refractivity contribution in [3.63, 3.8) is 0 Å². The summed E-state index contributed by atoms with van der Waals surface area (Å²) in [6, 6.07) is 8.96. The molecule has 0 bridgehead atoms. The number of halogens is 2. The highest BCUT2D eigenvalue weighted by Gasteiger charge is 2.30. The zero-order chi connectivity index (χ0) is 22.1.